The topological polar surface area (TPSA) is 65.1 Å². The van der Waals surface area contributed by atoms with Gasteiger partial charge in [-0.05, 0) is 62.7 Å². The summed E-state index contributed by atoms with van der Waals surface area (Å²) in [6.07, 6.45) is 6.12. The van der Waals surface area contributed by atoms with Crippen LogP contribution in [0.3, 0.4) is 0 Å². The zero-order chi connectivity index (χ0) is 17.4. The van der Waals surface area contributed by atoms with Crippen LogP contribution in [0.4, 0.5) is 0 Å². The quantitative estimate of drug-likeness (QED) is 0.702. The fraction of sp³-hybridized carbons (Fsp3) is 0.895. The Balaban J connectivity index is 1.25. The fourth-order valence-corrected chi connectivity index (χ4v) is 5.69. The third-order valence-corrected chi connectivity index (χ3v) is 6.90. The summed E-state index contributed by atoms with van der Waals surface area (Å²) in [6, 6.07) is 0. The molecule has 0 aromatic heterocycles. The van der Waals surface area contributed by atoms with Crippen LogP contribution in [0.15, 0.2) is 0 Å². The molecular formula is C19H29NO5. The van der Waals surface area contributed by atoms with E-state index in [4.69, 9.17) is 14.2 Å². The predicted octanol–water partition coefficient (Wildman–Crippen LogP) is 1.62. The molecule has 0 spiro atoms. The van der Waals surface area contributed by atoms with Gasteiger partial charge in [0.1, 0.15) is 5.60 Å². The number of esters is 2. The van der Waals surface area contributed by atoms with E-state index < -0.39 is 5.97 Å². The van der Waals surface area contributed by atoms with Crippen molar-refractivity contribution in [1.82, 2.24) is 4.90 Å². The Morgan fingerprint density at radius 3 is 2.20 bits per heavy atom. The number of hydrogen-bond acceptors (Lipinski definition) is 6. The van der Waals surface area contributed by atoms with Crippen LogP contribution in [0.5, 0.6) is 0 Å². The van der Waals surface area contributed by atoms with Crippen LogP contribution >= 0.6 is 0 Å². The van der Waals surface area contributed by atoms with E-state index >= 15 is 0 Å². The average molecular weight is 351 g/mol. The van der Waals surface area contributed by atoms with Crippen LogP contribution in [-0.4, -0.2) is 61.9 Å². The molecule has 0 aromatic rings. The first kappa shape index (κ1) is 17.3. The van der Waals surface area contributed by atoms with E-state index in [9.17, 15) is 9.59 Å². The molecule has 0 amide bonds. The van der Waals surface area contributed by atoms with E-state index in [0.717, 1.165) is 24.9 Å². The van der Waals surface area contributed by atoms with Crippen LogP contribution in [0, 0.1) is 23.7 Å². The summed E-state index contributed by atoms with van der Waals surface area (Å²) in [5.74, 6) is 1.87. The molecule has 4 saturated carbocycles. The molecule has 4 aliphatic carbocycles. The highest BCUT2D eigenvalue weighted by molar-refractivity contribution is 5.77. The summed E-state index contributed by atoms with van der Waals surface area (Å²) in [7, 11) is 0. The molecule has 0 N–H and O–H groups in total. The first-order valence-electron chi connectivity index (χ1n) is 9.70. The molecule has 1 saturated heterocycles. The molecule has 4 bridgehead atoms. The normalized spacial score (nSPS) is 40.0. The van der Waals surface area contributed by atoms with E-state index in [1.54, 1.807) is 0 Å². The molecule has 140 valence electrons. The van der Waals surface area contributed by atoms with Crippen LogP contribution in [0.2, 0.25) is 0 Å². The van der Waals surface area contributed by atoms with Gasteiger partial charge < -0.3 is 14.2 Å². The van der Waals surface area contributed by atoms with Gasteiger partial charge >= 0.3 is 11.9 Å². The summed E-state index contributed by atoms with van der Waals surface area (Å²) in [5.41, 5.74) is -0.360. The highest BCUT2D eigenvalue weighted by Gasteiger charge is 2.57. The van der Waals surface area contributed by atoms with Crippen LogP contribution in [-0.2, 0) is 23.8 Å². The van der Waals surface area contributed by atoms with Gasteiger partial charge in [0.15, 0.2) is 6.61 Å². The fourth-order valence-electron chi connectivity index (χ4n) is 5.69. The van der Waals surface area contributed by atoms with Crippen molar-refractivity contribution in [1.29, 1.82) is 0 Å². The lowest BCUT2D eigenvalue weighted by Crippen LogP contribution is -2.58. The third-order valence-electron chi connectivity index (χ3n) is 6.90. The predicted molar refractivity (Wildman–Crippen MR) is 89.8 cm³/mol. The van der Waals surface area contributed by atoms with Gasteiger partial charge in [0.2, 0.25) is 0 Å². The van der Waals surface area contributed by atoms with Gasteiger partial charge in [0, 0.05) is 13.1 Å². The largest absolute Gasteiger partial charge is 0.456 e. The summed E-state index contributed by atoms with van der Waals surface area (Å²) < 4.78 is 16.3. The summed E-state index contributed by atoms with van der Waals surface area (Å²) in [6.45, 7) is 4.77. The van der Waals surface area contributed by atoms with Gasteiger partial charge in [0.25, 0.3) is 0 Å². The first-order chi connectivity index (χ1) is 12.0. The number of morpholine rings is 1. The van der Waals surface area contributed by atoms with Crippen LogP contribution in [0.1, 0.15) is 39.0 Å². The average Bonchev–Trinajstić information content (AvgIpc) is 2.58. The summed E-state index contributed by atoms with van der Waals surface area (Å²) in [4.78, 5) is 26.2. The molecule has 1 heterocycles. The number of nitrogens with zero attached hydrogens (tertiary/aromatic N) is 1. The van der Waals surface area contributed by atoms with E-state index in [0.29, 0.717) is 25.0 Å². The van der Waals surface area contributed by atoms with Gasteiger partial charge in [-0.25, -0.2) is 4.79 Å². The lowest BCUT2D eigenvalue weighted by atomic mass is 9.50. The van der Waals surface area contributed by atoms with Crippen molar-refractivity contribution in [3.8, 4) is 0 Å². The Bertz CT molecular complexity index is 500. The minimum Gasteiger partial charge on any atom is -0.456 e. The van der Waals surface area contributed by atoms with Crippen LogP contribution in [0.25, 0.3) is 0 Å². The van der Waals surface area contributed by atoms with E-state index in [1.807, 2.05) is 4.90 Å². The van der Waals surface area contributed by atoms with Crippen LogP contribution < -0.4 is 0 Å². The molecule has 0 unspecified atom stereocenters. The molecule has 5 aliphatic rings. The standard InChI is InChI=1S/C19H29NO5/c1-19(15-7-13-6-14(9-15)10-16(19)8-13)25-18(22)12-24-17(21)11-20-2-4-23-5-3-20/h13-16H,2-12H2,1H3. The first-order valence-corrected chi connectivity index (χ1v) is 9.70. The van der Waals surface area contributed by atoms with Crippen molar-refractivity contribution in [2.75, 3.05) is 39.5 Å². The van der Waals surface area contributed by atoms with E-state index in [2.05, 4.69) is 6.92 Å². The van der Waals surface area contributed by atoms with E-state index in [-0.39, 0.29) is 24.7 Å². The number of rotatable bonds is 5. The SMILES string of the molecule is CC1(OC(=O)COC(=O)CN2CCOCC2)C2CC3CC(C2)CC1C3. The molecule has 6 heteroatoms. The number of ether oxygens (including phenoxy) is 3. The minimum atomic E-state index is -0.398. The van der Waals surface area contributed by atoms with Crippen molar-refractivity contribution < 1.29 is 23.8 Å². The zero-order valence-corrected chi connectivity index (χ0v) is 15.1. The molecule has 5 fully saturated rings. The van der Waals surface area contributed by atoms with Gasteiger partial charge in [-0.15, -0.1) is 0 Å². The van der Waals surface area contributed by atoms with Crippen molar-refractivity contribution >= 4 is 11.9 Å². The maximum absolute atomic E-state index is 12.3. The maximum Gasteiger partial charge on any atom is 0.344 e. The Kier molecular flexibility index (Phi) is 4.75. The molecule has 0 aromatic carbocycles. The lowest BCUT2D eigenvalue weighted by Gasteiger charge is -2.59. The number of hydrogen-bond donors (Lipinski definition) is 0. The highest BCUT2D eigenvalue weighted by Crippen LogP contribution is 2.59. The summed E-state index contributed by atoms with van der Waals surface area (Å²) >= 11 is 0. The minimum absolute atomic E-state index is 0.211. The second kappa shape index (κ2) is 6.88. The van der Waals surface area contributed by atoms with Gasteiger partial charge in [-0.2, -0.15) is 0 Å². The number of carbonyl (C=O) groups excluding carboxylic acids is 2. The maximum atomic E-state index is 12.3. The second-order valence-corrected chi connectivity index (χ2v) is 8.51. The van der Waals surface area contributed by atoms with Crippen molar-refractivity contribution in [3.05, 3.63) is 0 Å². The van der Waals surface area contributed by atoms with Crippen molar-refractivity contribution in [2.45, 2.75) is 44.6 Å². The molecule has 6 nitrogen and oxygen atoms in total. The molecule has 0 atom stereocenters. The molecule has 5 rings (SSSR count). The van der Waals surface area contributed by atoms with E-state index in [1.165, 1.54) is 32.1 Å². The van der Waals surface area contributed by atoms with Gasteiger partial charge in [-0.1, -0.05) is 0 Å². The smallest absolute Gasteiger partial charge is 0.344 e. The van der Waals surface area contributed by atoms with Gasteiger partial charge in [0.05, 0.1) is 19.8 Å². The zero-order valence-electron chi connectivity index (χ0n) is 15.1. The molecule has 0 radical (unpaired) electrons. The Hall–Kier alpha value is -1.14. The Morgan fingerprint density at radius 1 is 1.00 bits per heavy atom. The van der Waals surface area contributed by atoms with Crippen molar-refractivity contribution in [2.24, 2.45) is 23.7 Å². The Labute approximate surface area is 149 Å². The van der Waals surface area contributed by atoms with Crippen molar-refractivity contribution in [3.63, 3.8) is 0 Å². The second-order valence-electron chi connectivity index (χ2n) is 8.51. The lowest BCUT2D eigenvalue weighted by molar-refractivity contribution is -0.207. The number of carbonyl (C=O) groups is 2. The van der Waals surface area contributed by atoms with Gasteiger partial charge in [-0.3, -0.25) is 9.69 Å². The highest BCUT2D eigenvalue weighted by atomic mass is 16.6. The molecular weight excluding hydrogens is 322 g/mol. The monoisotopic (exact) mass is 351 g/mol. The molecule has 1 aliphatic heterocycles. The summed E-state index contributed by atoms with van der Waals surface area (Å²) in [5, 5.41) is 0. The molecule has 25 heavy (non-hydrogen) atoms. The Morgan fingerprint density at radius 2 is 1.60 bits per heavy atom. The third kappa shape index (κ3) is 3.56.